The highest BCUT2D eigenvalue weighted by Crippen LogP contribution is 2.27. The van der Waals surface area contributed by atoms with Crippen molar-refractivity contribution < 1.29 is 4.92 Å². The third-order valence-electron chi connectivity index (χ3n) is 4.32. The Morgan fingerprint density at radius 3 is 2.80 bits per heavy atom. The van der Waals surface area contributed by atoms with Gasteiger partial charge in [-0.1, -0.05) is 32.4 Å². The van der Waals surface area contributed by atoms with E-state index in [-0.39, 0.29) is 11.1 Å². The SMILES string of the molecule is CC(C)(C)c1ncc2c(n1)CCN(Cc1cc([N+](=O)[O-])ccc1Cl)C2. The number of fused-ring (bicyclic) bond motifs is 1. The Morgan fingerprint density at radius 2 is 2.12 bits per heavy atom. The summed E-state index contributed by atoms with van der Waals surface area (Å²) in [4.78, 5) is 22.0. The summed E-state index contributed by atoms with van der Waals surface area (Å²) >= 11 is 6.22. The van der Waals surface area contributed by atoms with Gasteiger partial charge in [0.05, 0.1) is 4.92 Å². The quantitative estimate of drug-likeness (QED) is 0.613. The monoisotopic (exact) mass is 360 g/mol. The van der Waals surface area contributed by atoms with Gasteiger partial charge in [0.15, 0.2) is 0 Å². The molecule has 2 aromatic rings. The van der Waals surface area contributed by atoms with E-state index in [0.717, 1.165) is 42.2 Å². The number of nitrogens with zero attached hydrogens (tertiary/aromatic N) is 4. The molecule has 132 valence electrons. The lowest BCUT2D eigenvalue weighted by molar-refractivity contribution is -0.384. The molecule has 7 heteroatoms. The van der Waals surface area contributed by atoms with Crippen LogP contribution in [0.1, 0.15) is 43.4 Å². The molecule has 0 fully saturated rings. The highest BCUT2D eigenvalue weighted by molar-refractivity contribution is 6.31. The fourth-order valence-electron chi connectivity index (χ4n) is 2.91. The van der Waals surface area contributed by atoms with E-state index in [1.54, 1.807) is 12.1 Å². The van der Waals surface area contributed by atoms with Crippen molar-refractivity contribution in [3.05, 3.63) is 62.2 Å². The largest absolute Gasteiger partial charge is 0.294 e. The number of halogens is 1. The van der Waals surface area contributed by atoms with Gasteiger partial charge >= 0.3 is 0 Å². The zero-order valence-corrected chi connectivity index (χ0v) is 15.4. The molecule has 1 aromatic carbocycles. The summed E-state index contributed by atoms with van der Waals surface area (Å²) in [6.45, 7) is 8.45. The van der Waals surface area contributed by atoms with Crippen LogP contribution < -0.4 is 0 Å². The molecule has 25 heavy (non-hydrogen) atoms. The topological polar surface area (TPSA) is 72.2 Å². The number of benzene rings is 1. The van der Waals surface area contributed by atoms with Gasteiger partial charge in [-0.05, 0) is 11.6 Å². The molecule has 0 radical (unpaired) electrons. The second-order valence-corrected chi connectivity index (χ2v) is 7.82. The summed E-state index contributed by atoms with van der Waals surface area (Å²) in [6.07, 6.45) is 2.75. The van der Waals surface area contributed by atoms with Crippen LogP contribution in [0.15, 0.2) is 24.4 Å². The van der Waals surface area contributed by atoms with E-state index in [2.05, 4.69) is 30.7 Å². The standard InChI is InChI=1S/C18H21ClN4O2/c1-18(2,3)17-20-9-13-11-22(7-6-16(13)21-17)10-12-8-14(23(24)25)4-5-15(12)19/h4-5,8-9H,6-7,10-11H2,1-3H3. The molecule has 1 aliphatic rings. The van der Waals surface area contributed by atoms with E-state index in [1.807, 2.05) is 6.20 Å². The summed E-state index contributed by atoms with van der Waals surface area (Å²) in [7, 11) is 0. The molecule has 0 unspecified atom stereocenters. The first-order chi connectivity index (χ1) is 11.7. The zero-order valence-electron chi connectivity index (χ0n) is 14.6. The summed E-state index contributed by atoms with van der Waals surface area (Å²) in [6, 6.07) is 4.57. The van der Waals surface area contributed by atoms with E-state index in [1.165, 1.54) is 6.07 Å². The third-order valence-corrected chi connectivity index (χ3v) is 4.69. The van der Waals surface area contributed by atoms with E-state index >= 15 is 0 Å². The number of nitro groups is 1. The predicted molar refractivity (Wildman–Crippen MR) is 96.7 cm³/mol. The van der Waals surface area contributed by atoms with Gasteiger partial charge in [-0.15, -0.1) is 0 Å². The number of non-ortho nitro benzene ring substituents is 1. The summed E-state index contributed by atoms with van der Waals surface area (Å²) < 4.78 is 0. The van der Waals surface area contributed by atoms with Crippen molar-refractivity contribution in [2.75, 3.05) is 6.54 Å². The molecule has 1 aromatic heterocycles. The molecule has 0 amide bonds. The van der Waals surface area contributed by atoms with Crippen molar-refractivity contribution in [3.63, 3.8) is 0 Å². The van der Waals surface area contributed by atoms with Crippen LogP contribution in [0, 0.1) is 10.1 Å². The van der Waals surface area contributed by atoms with E-state index in [4.69, 9.17) is 16.6 Å². The Bertz CT molecular complexity index is 817. The fraction of sp³-hybridized carbons (Fsp3) is 0.444. The van der Waals surface area contributed by atoms with Crippen molar-refractivity contribution in [1.82, 2.24) is 14.9 Å². The van der Waals surface area contributed by atoms with E-state index in [0.29, 0.717) is 11.6 Å². The van der Waals surface area contributed by atoms with Crippen LogP contribution in [0.3, 0.4) is 0 Å². The molecule has 0 saturated carbocycles. The lowest BCUT2D eigenvalue weighted by atomic mass is 9.95. The van der Waals surface area contributed by atoms with Crippen LogP contribution in [-0.4, -0.2) is 26.3 Å². The first-order valence-corrected chi connectivity index (χ1v) is 8.62. The lowest BCUT2D eigenvalue weighted by Gasteiger charge is -2.29. The van der Waals surface area contributed by atoms with Crippen molar-refractivity contribution in [3.8, 4) is 0 Å². The zero-order chi connectivity index (χ0) is 18.2. The second kappa shape index (κ2) is 6.69. The van der Waals surface area contributed by atoms with Crippen molar-refractivity contribution >= 4 is 17.3 Å². The molecule has 0 atom stereocenters. The van der Waals surface area contributed by atoms with Crippen molar-refractivity contribution in [2.45, 2.75) is 45.7 Å². The third kappa shape index (κ3) is 3.96. The number of nitro benzene ring substituents is 1. The van der Waals surface area contributed by atoms with Crippen LogP contribution in [-0.2, 0) is 24.9 Å². The smallest absolute Gasteiger partial charge is 0.269 e. The molecule has 0 saturated heterocycles. The van der Waals surface area contributed by atoms with Gasteiger partial charge < -0.3 is 0 Å². The molecule has 0 aliphatic carbocycles. The first kappa shape index (κ1) is 17.8. The van der Waals surface area contributed by atoms with Gasteiger partial charge in [-0.3, -0.25) is 15.0 Å². The highest BCUT2D eigenvalue weighted by Gasteiger charge is 2.23. The van der Waals surface area contributed by atoms with Crippen LogP contribution in [0.4, 0.5) is 5.69 Å². The van der Waals surface area contributed by atoms with Crippen LogP contribution in [0.25, 0.3) is 0 Å². The molecule has 1 aliphatic heterocycles. The molecule has 6 nitrogen and oxygen atoms in total. The van der Waals surface area contributed by atoms with Gasteiger partial charge in [0.1, 0.15) is 5.82 Å². The number of aromatic nitrogens is 2. The van der Waals surface area contributed by atoms with Gasteiger partial charge in [0, 0.05) is 66.1 Å². The molecule has 2 heterocycles. The molecule has 0 N–H and O–H groups in total. The van der Waals surface area contributed by atoms with Crippen LogP contribution >= 0.6 is 11.6 Å². The average molecular weight is 361 g/mol. The molecule has 0 bridgehead atoms. The lowest BCUT2D eigenvalue weighted by Crippen LogP contribution is -2.32. The Hall–Kier alpha value is -2.05. The molecular weight excluding hydrogens is 340 g/mol. The molecule has 0 spiro atoms. The number of hydrogen-bond donors (Lipinski definition) is 0. The number of hydrogen-bond acceptors (Lipinski definition) is 5. The highest BCUT2D eigenvalue weighted by atomic mass is 35.5. The minimum atomic E-state index is -0.396. The Morgan fingerprint density at radius 1 is 1.36 bits per heavy atom. The predicted octanol–water partition coefficient (Wildman–Crippen LogP) is 3.89. The van der Waals surface area contributed by atoms with E-state index < -0.39 is 4.92 Å². The maximum Gasteiger partial charge on any atom is 0.269 e. The molecule has 3 rings (SSSR count). The minimum absolute atomic E-state index is 0.0648. The summed E-state index contributed by atoms with van der Waals surface area (Å²) in [5.74, 6) is 0.862. The van der Waals surface area contributed by atoms with Crippen LogP contribution in [0.5, 0.6) is 0 Å². The number of rotatable bonds is 3. The van der Waals surface area contributed by atoms with Crippen molar-refractivity contribution in [1.29, 1.82) is 0 Å². The Kier molecular flexibility index (Phi) is 4.75. The van der Waals surface area contributed by atoms with Gasteiger partial charge in [-0.2, -0.15) is 0 Å². The normalized spacial score (nSPS) is 15.0. The Balaban J connectivity index is 1.78. The minimum Gasteiger partial charge on any atom is -0.294 e. The van der Waals surface area contributed by atoms with Crippen LogP contribution in [0.2, 0.25) is 5.02 Å². The van der Waals surface area contributed by atoms with Crippen molar-refractivity contribution in [2.24, 2.45) is 0 Å². The summed E-state index contributed by atoms with van der Waals surface area (Å²) in [5, 5.41) is 11.5. The Labute approximate surface area is 152 Å². The average Bonchev–Trinajstić information content (AvgIpc) is 2.55. The fourth-order valence-corrected chi connectivity index (χ4v) is 3.08. The van der Waals surface area contributed by atoms with Gasteiger partial charge in [0.2, 0.25) is 0 Å². The van der Waals surface area contributed by atoms with Gasteiger partial charge in [-0.25, -0.2) is 9.97 Å². The maximum absolute atomic E-state index is 11.0. The second-order valence-electron chi connectivity index (χ2n) is 7.41. The maximum atomic E-state index is 11.0. The first-order valence-electron chi connectivity index (χ1n) is 8.24. The summed E-state index contributed by atoms with van der Waals surface area (Å²) in [5.41, 5.74) is 2.98. The van der Waals surface area contributed by atoms with Gasteiger partial charge in [0.25, 0.3) is 5.69 Å². The molecular formula is C18H21ClN4O2. The van der Waals surface area contributed by atoms with E-state index in [9.17, 15) is 10.1 Å².